The lowest BCUT2D eigenvalue weighted by molar-refractivity contribution is 0.868. The molecule has 0 spiro atoms. The molecule has 0 aliphatic carbocycles. The number of nitrogens with zero attached hydrogens (tertiary/aromatic N) is 3. The van der Waals surface area contributed by atoms with E-state index in [2.05, 4.69) is 17.5 Å². The minimum atomic E-state index is -0.464. The monoisotopic (exact) mass is 311 g/mol. The quantitative estimate of drug-likeness (QED) is 0.844. The summed E-state index contributed by atoms with van der Waals surface area (Å²) in [6.07, 6.45) is 0. The minimum absolute atomic E-state index is 0.359. The van der Waals surface area contributed by atoms with Crippen LogP contribution in [0.25, 0.3) is 0 Å². The molecule has 1 atom stereocenters. The van der Waals surface area contributed by atoms with E-state index < -0.39 is 5.92 Å². The smallest absolute Gasteiger partial charge is 0.131 e. The van der Waals surface area contributed by atoms with Gasteiger partial charge in [-0.25, -0.2) is 0 Å². The molecule has 2 aromatic rings. The van der Waals surface area contributed by atoms with Gasteiger partial charge >= 0.3 is 0 Å². The third-order valence-electron chi connectivity index (χ3n) is 4.34. The van der Waals surface area contributed by atoms with Crippen molar-refractivity contribution >= 4 is 11.4 Å². The first-order chi connectivity index (χ1) is 11.8. The summed E-state index contributed by atoms with van der Waals surface area (Å²) in [4.78, 5) is 1.76. The Labute approximate surface area is 139 Å². The Balaban J connectivity index is 1.99. The summed E-state index contributed by atoms with van der Waals surface area (Å²) >= 11 is 0. The normalized spacial score (nSPS) is 18.4. The second kappa shape index (κ2) is 5.19. The third kappa shape index (κ3) is 1.79. The fourth-order valence-electron chi connectivity index (χ4n) is 3.28. The number of nitrogens with one attached hydrogen (secondary N) is 1. The van der Waals surface area contributed by atoms with Gasteiger partial charge in [0.15, 0.2) is 0 Å². The van der Waals surface area contributed by atoms with E-state index in [9.17, 15) is 10.5 Å². The van der Waals surface area contributed by atoms with E-state index >= 15 is 0 Å². The lowest BCUT2D eigenvalue weighted by Gasteiger charge is -2.31. The molecule has 0 amide bonds. The summed E-state index contributed by atoms with van der Waals surface area (Å²) in [6.45, 7) is 0. The molecular formula is C19H13N5. The van der Waals surface area contributed by atoms with Crippen molar-refractivity contribution in [1.82, 2.24) is 0 Å². The van der Waals surface area contributed by atoms with Crippen molar-refractivity contribution in [1.29, 1.82) is 10.5 Å². The number of hydrogen-bond acceptors (Lipinski definition) is 5. The number of nitrogens with two attached hydrogens (primary N) is 1. The summed E-state index contributed by atoms with van der Waals surface area (Å²) in [5, 5.41) is 22.8. The molecule has 2 aromatic carbocycles. The highest BCUT2D eigenvalue weighted by molar-refractivity contribution is 5.86. The Bertz CT molecular complexity index is 973. The average molecular weight is 311 g/mol. The number of allylic oxidation sites excluding steroid dienone is 2. The number of rotatable bonds is 1. The highest BCUT2D eigenvalue weighted by Crippen LogP contribution is 2.47. The predicted molar refractivity (Wildman–Crippen MR) is 91.2 cm³/mol. The van der Waals surface area contributed by atoms with Crippen molar-refractivity contribution in [2.45, 2.75) is 5.92 Å². The van der Waals surface area contributed by atoms with E-state index in [0.29, 0.717) is 22.8 Å². The van der Waals surface area contributed by atoms with Crippen LogP contribution in [-0.4, -0.2) is 0 Å². The zero-order valence-corrected chi connectivity index (χ0v) is 12.7. The zero-order chi connectivity index (χ0) is 16.7. The van der Waals surface area contributed by atoms with Crippen molar-refractivity contribution in [3.63, 3.8) is 0 Å². The van der Waals surface area contributed by atoms with Crippen molar-refractivity contribution in [2.75, 3.05) is 10.2 Å². The lowest BCUT2D eigenvalue weighted by atomic mass is 9.83. The van der Waals surface area contributed by atoms with Crippen LogP contribution in [0.5, 0.6) is 0 Å². The summed E-state index contributed by atoms with van der Waals surface area (Å²) in [6, 6.07) is 21.6. The summed E-state index contributed by atoms with van der Waals surface area (Å²) in [5.41, 5.74) is 9.80. The van der Waals surface area contributed by atoms with Crippen LogP contribution in [0, 0.1) is 22.7 Å². The highest BCUT2D eigenvalue weighted by Gasteiger charge is 2.39. The van der Waals surface area contributed by atoms with E-state index in [4.69, 9.17) is 5.73 Å². The predicted octanol–water partition coefficient (Wildman–Crippen LogP) is 3.14. The standard InChI is InChI=1S/C19H13N5/c20-10-13-17(12-6-2-1-3-7-12)14(11-21)19-23-15-8-4-5-9-16(15)24(19)18(13)22/h1-9,17,23H,22H2/t17-/m1/s1. The van der Waals surface area contributed by atoms with Gasteiger partial charge in [0.1, 0.15) is 11.6 Å². The molecule has 0 saturated carbocycles. The van der Waals surface area contributed by atoms with Crippen LogP contribution in [-0.2, 0) is 0 Å². The molecule has 2 aliphatic heterocycles. The van der Waals surface area contributed by atoms with Crippen molar-refractivity contribution in [3.8, 4) is 12.1 Å². The SMILES string of the molecule is N#CC1=C(N)N2C(=C(C#N)[C@@H]1c1ccccc1)Nc1ccccc12. The van der Waals surface area contributed by atoms with Gasteiger partial charge in [0.05, 0.1) is 40.6 Å². The number of anilines is 2. The molecule has 0 fully saturated rings. The molecule has 0 saturated heterocycles. The van der Waals surface area contributed by atoms with Gasteiger partial charge in [0.25, 0.3) is 0 Å². The Hall–Kier alpha value is -3.70. The highest BCUT2D eigenvalue weighted by atomic mass is 15.3. The van der Waals surface area contributed by atoms with Gasteiger partial charge in [0, 0.05) is 0 Å². The molecule has 0 aromatic heterocycles. The van der Waals surface area contributed by atoms with Gasteiger partial charge in [0.2, 0.25) is 0 Å². The van der Waals surface area contributed by atoms with Gasteiger partial charge < -0.3 is 11.1 Å². The summed E-state index contributed by atoms with van der Waals surface area (Å²) in [7, 11) is 0. The molecule has 114 valence electrons. The van der Waals surface area contributed by atoms with E-state index in [1.807, 2.05) is 54.6 Å². The van der Waals surface area contributed by atoms with Gasteiger partial charge in [-0.1, -0.05) is 42.5 Å². The first kappa shape index (κ1) is 13.9. The van der Waals surface area contributed by atoms with Crippen LogP contribution in [0.2, 0.25) is 0 Å². The Morgan fingerprint density at radius 2 is 1.58 bits per heavy atom. The molecule has 0 radical (unpaired) electrons. The third-order valence-corrected chi connectivity index (χ3v) is 4.34. The first-order valence-electron chi connectivity index (χ1n) is 7.51. The van der Waals surface area contributed by atoms with Crippen LogP contribution < -0.4 is 16.0 Å². The number of nitriles is 2. The summed E-state index contributed by atoms with van der Waals surface area (Å²) in [5.74, 6) is 0.524. The molecule has 2 heterocycles. The van der Waals surface area contributed by atoms with Crippen molar-refractivity contribution in [2.24, 2.45) is 5.73 Å². The molecule has 0 bridgehead atoms. The van der Waals surface area contributed by atoms with Crippen LogP contribution in [0.3, 0.4) is 0 Å². The number of para-hydroxylation sites is 2. The molecule has 24 heavy (non-hydrogen) atoms. The average Bonchev–Trinajstić information content (AvgIpc) is 3.02. The van der Waals surface area contributed by atoms with E-state index in [0.717, 1.165) is 16.9 Å². The molecule has 5 nitrogen and oxygen atoms in total. The largest absolute Gasteiger partial charge is 0.384 e. The van der Waals surface area contributed by atoms with Crippen LogP contribution in [0.4, 0.5) is 11.4 Å². The van der Waals surface area contributed by atoms with Gasteiger partial charge in [-0.2, -0.15) is 10.5 Å². The second-order valence-electron chi connectivity index (χ2n) is 5.61. The van der Waals surface area contributed by atoms with Crippen LogP contribution >= 0.6 is 0 Å². The molecular weight excluding hydrogens is 298 g/mol. The van der Waals surface area contributed by atoms with Crippen molar-refractivity contribution in [3.05, 3.63) is 82.9 Å². The lowest BCUT2D eigenvalue weighted by Crippen LogP contribution is -2.34. The van der Waals surface area contributed by atoms with E-state index in [1.54, 1.807) is 4.90 Å². The maximum atomic E-state index is 9.80. The topological polar surface area (TPSA) is 88.9 Å². The Morgan fingerprint density at radius 3 is 2.29 bits per heavy atom. The first-order valence-corrected chi connectivity index (χ1v) is 7.51. The maximum Gasteiger partial charge on any atom is 0.131 e. The Kier molecular flexibility index (Phi) is 3.01. The second-order valence-corrected chi connectivity index (χ2v) is 5.61. The Morgan fingerprint density at radius 1 is 0.917 bits per heavy atom. The number of benzene rings is 2. The van der Waals surface area contributed by atoms with Crippen LogP contribution in [0.1, 0.15) is 11.5 Å². The van der Waals surface area contributed by atoms with E-state index in [1.165, 1.54) is 0 Å². The fourth-order valence-corrected chi connectivity index (χ4v) is 3.28. The molecule has 3 N–H and O–H groups in total. The molecule has 2 aliphatic rings. The minimum Gasteiger partial charge on any atom is -0.384 e. The number of hydrogen-bond donors (Lipinski definition) is 2. The fraction of sp³-hybridized carbons (Fsp3) is 0.0526. The van der Waals surface area contributed by atoms with E-state index in [-0.39, 0.29) is 0 Å². The van der Waals surface area contributed by atoms with Gasteiger partial charge in [-0.15, -0.1) is 0 Å². The molecule has 4 rings (SSSR count). The van der Waals surface area contributed by atoms with Crippen molar-refractivity contribution < 1.29 is 0 Å². The zero-order valence-electron chi connectivity index (χ0n) is 12.7. The van der Waals surface area contributed by atoms with Gasteiger partial charge in [-0.3, -0.25) is 4.90 Å². The van der Waals surface area contributed by atoms with Crippen LogP contribution in [0.15, 0.2) is 77.4 Å². The number of fused-ring (bicyclic) bond motifs is 3. The maximum absolute atomic E-state index is 9.80. The summed E-state index contributed by atoms with van der Waals surface area (Å²) < 4.78 is 0. The molecule has 5 heteroatoms. The molecule has 0 unspecified atom stereocenters. The van der Waals surface area contributed by atoms with Gasteiger partial charge in [-0.05, 0) is 17.7 Å².